The van der Waals surface area contributed by atoms with Crippen LogP contribution in [0.3, 0.4) is 0 Å². The summed E-state index contributed by atoms with van der Waals surface area (Å²) in [6, 6.07) is 2.58. The quantitative estimate of drug-likeness (QED) is 0.578. The highest BCUT2D eigenvalue weighted by molar-refractivity contribution is 6.39. The van der Waals surface area contributed by atoms with Crippen LogP contribution >= 0.6 is 0 Å². The van der Waals surface area contributed by atoms with Gasteiger partial charge in [-0.2, -0.15) is 0 Å². The van der Waals surface area contributed by atoms with Crippen molar-refractivity contribution in [3.05, 3.63) is 23.9 Å². The molecule has 1 aromatic heterocycles. The fourth-order valence-corrected chi connectivity index (χ4v) is 3.26. The Kier molecular flexibility index (Phi) is 5.45. The van der Waals surface area contributed by atoms with Gasteiger partial charge in [0.05, 0.1) is 19.2 Å². The number of esters is 1. The molecule has 0 aromatic carbocycles. The number of nitrogens with one attached hydrogen (secondary N) is 1. The Morgan fingerprint density at radius 1 is 1.14 bits per heavy atom. The van der Waals surface area contributed by atoms with E-state index in [2.05, 4.69) is 15.0 Å². The zero-order valence-electron chi connectivity index (χ0n) is 16.8. The first-order valence-corrected chi connectivity index (χ1v) is 9.27. The molecule has 1 aliphatic carbocycles. The molecule has 29 heavy (non-hydrogen) atoms. The summed E-state index contributed by atoms with van der Waals surface area (Å²) in [4.78, 5) is 56.2. The number of nitrogens with zero attached hydrogens (tertiary/aromatic N) is 3. The molecular weight excluding hydrogens is 380 g/mol. The van der Waals surface area contributed by atoms with E-state index in [-0.39, 0.29) is 36.6 Å². The zero-order chi connectivity index (χ0) is 21.3. The molecule has 1 aliphatic heterocycles. The molecule has 2 atom stereocenters. The van der Waals surface area contributed by atoms with E-state index < -0.39 is 29.5 Å². The lowest BCUT2D eigenvalue weighted by Gasteiger charge is -2.34. The zero-order valence-corrected chi connectivity index (χ0v) is 16.8. The summed E-state index contributed by atoms with van der Waals surface area (Å²) >= 11 is 0. The van der Waals surface area contributed by atoms with Crippen LogP contribution in [0.15, 0.2) is 18.3 Å². The van der Waals surface area contributed by atoms with E-state index in [4.69, 9.17) is 4.74 Å². The Balaban J connectivity index is 1.63. The van der Waals surface area contributed by atoms with Crippen LogP contribution in [0.25, 0.3) is 0 Å². The van der Waals surface area contributed by atoms with Crippen molar-refractivity contribution in [3.8, 4) is 0 Å². The van der Waals surface area contributed by atoms with E-state index in [1.165, 1.54) is 30.3 Å². The predicted octanol–water partition coefficient (Wildman–Crippen LogP) is 1.03. The monoisotopic (exact) mass is 404 g/mol. The summed E-state index contributed by atoms with van der Waals surface area (Å²) < 4.78 is 10.0. The highest BCUT2D eigenvalue weighted by Gasteiger charge is 2.54. The lowest BCUT2D eigenvalue weighted by Crippen LogP contribution is -2.53. The lowest BCUT2D eigenvalue weighted by molar-refractivity contribution is -0.144. The summed E-state index contributed by atoms with van der Waals surface area (Å²) in [6.07, 6.45) is 1.57. The minimum absolute atomic E-state index is 0.0440. The number of hydrogen-bond donors (Lipinski definition) is 1. The van der Waals surface area contributed by atoms with Gasteiger partial charge in [0, 0.05) is 19.3 Å². The van der Waals surface area contributed by atoms with Gasteiger partial charge >= 0.3 is 23.9 Å². The van der Waals surface area contributed by atoms with E-state index in [1.807, 2.05) is 0 Å². The summed E-state index contributed by atoms with van der Waals surface area (Å²) in [5.41, 5.74) is -0.552. The number of pyridine rings is 1. The molecule has 3 amide bonds. The maximum atomic E-state index is 12.6. The number of fused-ring (bicyclic) bond motifs is 1. The molecule has 10 nitrogen and oxygen atoms in total. The third-order valence-electron chi connectivity index (χ3n) is 4.63. The first kappa shape index (κ1) is 20.6. The van der Waals surface area contributed by atoms with Gasteiger partial charge in [-0.25, -0.2) is 14.6 Å². The van der Waals surface area contributed by atoms with Crippen molar-refractivity contribution >= 4 is 29.7 Å². The number of amides is 3. The number of rotatable bonds is 2. The van der Waals surface area contributed by atoms with Crippen LogP contribution in [0.1, 0.15) is 37.6 Å². The summed E-state index contributed by atoms with van der Waals surface area (Å²) in [5.74, 6) is -2.35. The van der Waals surface area contributed by atoms with E-state index in [0.29, 0.717) is 6.42 Å². The SMILES string of the molecule is COC(=O)c1cccnc1NC(=O)C(=O)N1CCN(C(=O)OC(C)(C)C)C2CC21. The predicted molar refractivity (Wildman–Crippen MR) is 101 cm³/mol. The van der Waals surface area contributed by atoms with Gasteiger partial charge in [-0.15, -0.1) is 0 Å². The molecule has 0 spiro atoms. The van der Waals surface area contributed by atoms with Crippen molar-refractivity contribution in [1.82, 2.24) is 14.8 Å². The smallest absolute Gasteiger partial charge is 0.410 e. The van der Waals surface area contributed by atoms with Crippen molar-refractivity contribution in [2.45, 2.75) is 44.9 Å². The van der Waals surface area contributed by atoms with Crippen LogP contribution in [0, 0.1) is 0 Å². The van der Waals surface area contributed by atoms with Gasteiger partial charge in [-0.3, -0.25) is 9.59 Å². The molecule has 156 valence electrons. The van der Waals surface area contributed by atoms with Crippen LogP contribution < -0.4 is 5.32 Å². The summed E-state index contributed by atoms with van der Waals surface area (Å²) in [7, 11) is 1.21. The van der Waals surface area contributed by atoms with Gasteiger partial charge in [0.15, 0.2) is 0 Å². The van der Waals surface area contributed by atoms with Gasteiger partial charge in [0.1, 0.15) is 17.0 Å². The minimum Gasteiger partial charge on any atom is -0.465 e. The Labute approximate surface area is 168 Å². The summed E-state index contributed by atoms with van der Waals surface area (Å²) in [5, 5.41) is 2.38. The summed E-state index contributed by atoms with van der Waals surface area (Å²) in [6.45, 7) is 5.88. The fourth-order valence-electron chi connectivity index (χ4n) is 3.26. The normalized spacial score (nSPS) is 20.4. The number of carbonyl (C=O) groups excluding carboxylic acids is 4. The molecule has 2 fully saturated rings. The number of hydrogen-bond acceptors (Lipinski definition) is 7. The van der Waals surface area contributed by atoms with Gasteiger partial charge in [-0.05, 0) is 39.3 Å². The van der Waals surface area contributed by atoms with E-state index in [9.17, 15) is 19.2 Å². The Morgan fingerprint density at radius 3 is 2.45 bits per heavy atom. The molecule has 2 unspecified atom stereocenters. The largest absolute Gasteiger partial charge is 0.465 e. The van der Waals surface area contributed by atoms with Crippen molar-refractivity contribution < 1.29 is 28.7 Å². The molecule has 2 heterocycles. The number of ether oxygens (including phenoxy) is 2. The van der Waals surface area contributed by atoms with Crippen molar-refractivity contribution in [2.24, 2.45) is 0 Å². The molecule has 2 aliphatic rings. The Hall–Kier alpha value is -3.17. The van der Waals surface area contributed by atoms with Crippen LogP contribution in [-0.2, 0) is 19.1 Å². The lowest BCUT2D eigenvalue weighted by atomic mass is 10.2. The molecule has 1 N–H and O–H groups in total. The Morgan fingerprint density at radius 2 is 1.79 bits per heavy atom. The second kappa shape index (κ2) is 7.69. The highest BCUT2D eigenvalue weighted by atomic mass is 16.6. The fraction of sp³-hybridized carbons (Fsp3) is 0.526. The third-order valence-corrected chi connectivity index (χ3v) is 4.63. The average Bonchev–Trinajstić information content (AvgIpc) is 3.45. The molecular formula is C19H24N4O6. The van der Waals surface area contributed by atoms with Crippen molar-refractivity contribution in [3.63, 3.8) is 0 Å². The van der Waals surface area contributed by atoms with Crippen LogP contribution in [0.5, 0.6) is 0 Å². The standard InChI is InChI=1S/C19H24N4O6/c1-19(2,3)29-18(27)23-9-8-22(12-10-13(12)23)16(25)15(24)21-14-11(17(26)28-4)6-5-7-20-14/h5-7,12-13H,8-10H2,1-4H3,(H,20,21,24). The topological polar surface area (TPSA) is 118 Å². The van der Waals surface area contributed by atoms with E-state index in [1.54, 1.807) is 25.7 Å². The number of aromatic nitrogens is 1. The minimum atomic E-state index is -0.898. The number of anilines is 1. The number of methoxy groups -OCH3 is 1. The first-order chi connectivity index (χ1) is 13.6. The molecule has 0 radical (unpaired) electrons. The maximum absolute atomic E-state index is 12.6. The van der Waals surface area contributed by atoms with Crippen LogP contribution in [0.2, 0.25) is 0 Å². The Bertz CT molecular complexity index is 849. The van der Waals surface area contributed by atoms with Gasteiger partial charge in [0.2, 0.25) is 0 Å². The van der Waals surface area contributed by atoms with Gasteiger partial charge < -0.3 is 24.6 Å². The van der Waals surface area contributed by atoms with Gasteiger partial charge in [-0.1, -0.05) is 0 Å². The maximum Gasteiger partial charge on any atom is 0.410 e. The van der Waals surface area contributed by atoms with Gasteiger partial charge in [0.25, 0.3) is 0 Å². The van der Waals surface area contributed by atoms with E-state index in [0.717, 1.165) is 0 Å². The highest BCUT2D eigenvalue weighted by Crippen LogP contribution is 2.37. The molecule has 1 aromatic rings. The van der Waals surface area contributed by atoms with Crippen LogP contribution in [-0.4, -0.2) is 76.5 Å². The molecule has 10 heteroatoms. The number of piperazine rings is 1. The molecule has 0 bridgehead atoms. The first-order valence-electron chi connectivity index (χ1n) is 9.27. The second-order valence-corrected chi connectivity index (χ2v) is 7.89. The molecule has 3 rings (SSSR count). The molecule has 1 saturated carbocycles. The average molecular weight is 404 g/mol. The molecule has 1 saturated heterocycles. The third kappa shape index (κ3) is 4.47. The van der Waals surface area contributed by atoms with Crippen molar-refractivity contribution in [1.29, 1.82) is 0 Å². The number of carbonyl (C=O) groups is 4. The van der Waals surface area contributed by atoms with E-state index >= 15 is 0 Å². The van der Waals surface area contributed by atoms with Crippen molar-refractivity contribution in [2.75, 3.05) is 25.5 Å². The second-order valence-electron chi connectivity index (χ2n) is 7.89. The van der Waals surface area contributed by atoms with Crippen LogP contribution in [0.4, 0.5) is 10.6 Å².